The molecule has 15 heavy (non-hydrogen) atoms. The van der Waals surface area contributed by atoms with Gasteiger partial charge in [-0.1, -0.05) is 30.3 Å². The maximum atomic E-state index is 4.09. The van der Waals surface area contributed by atoms with Gasteiger partial charge in [-0.3, -0.25) is 4.98 Å². The molecule has 0 spiro atoms. The van der Waals surface area contributed by atoms with Crippen LogP contribution < -0.4 is 5.32 Å². The Morgan fingerprint density at radius 3 is 2.73 bits per heavy atom. The van der Waals surface area contributed by atoms with Crippen LogP contribution in [-0.4, -0.2) is 12.0 Å². The van der Waals surface area contributed by atoms with Gasteiger partial charge in [0.25, 0.3) is 0 Å². The Labute approximate surface area is 94.0 Å². The minimum Gasteiger partial charge on any atom is -0.313 e. The molecule has 78 valence electrons. The van der Waals surface area contributed by atoms with Crippen molar-refractivity contribution >= 4 is 11.3 Å². The lowest BCUT2D eigenvalue weighted by Gasteiger charge is -2.15. The van der Waals surface area contributed by atoms with Crippen LogP contribution in [0.3, 0.4) is 0 Å². The second-order valence-corrected chi connectivity index (χ2v) is 4.39. The number of aromatic nitrogens is 1. The van der Waals surface area contributed by atoms with Crippen molar-refractivity contribution in [3.8, 4) is 0 Å². The van der Waals surface area contributed by atoms with E-state index in [9.17, 15) is 0 Å². The first-order valence-corrected chi connectivity index (χ1v) is 5.87. The topological polar surface area (TPSA) is 24.9 Å². The summed E-state index contributed by atoms with van der Waals surface area (Å²) in [6.45, 7) is 0. The molecule has 2 aromatic rings. The van der Waals surface area contributed by atoms with Crippen LogP contribution in [-0.2, 0) is 6.42 Å². The Morgan fingerprint density at radius 1 is 1.33 bits per heavy atom. The molecule has 0 aliphatic carbocycles. The molecule has 0 bridgehead atoms. The maximum Gasteiger partial charge on any atom is 0.0794 e. The molecule has 1 aromatic carbocycles. The summed E-state index contributed by atoms with van der Waals surface area (Å²) in [5.74, 6) is 0. The Morgan fingerprint density at radius 2 is 2.13 bits per heavy atom. The predicted octanol–water partition coefficient (Wildman–Crippen LogP) is 2.65. The van der Waals surface area contributed by atoms with E-state index in [-0.39, 0.29) is 0 Å². The van der Waals surface area contributed by atoms with Crippen molar-refractivity contribution in [2.45, 2.75) is 12.5 Å². The summed E-state index contributed by atoms with van der Waals surface area (Å²) in [4.78, 5) is 5.41. The highest BCUT2D eigenvalue weighted by molar-refractivity contribution is 7.09. The van der Waals surface area contributed by atoms with E-state index < -0.39 is 0 Å². The first kappa shape index (κ1) is 10.3. The Kier molecular flexibility index (Phi) is 3.48. The van der Waals surface area contributed by atoms with Gasteiger partial charge in [0.15, 0.2) is 0 Å². The molecule has 0 saturated carbocycles. The number of nitrogens with zero attached hydrogens (tertiary/aromatic N) is 1. The molecule has 1 aromatic heterocycles. The molecule has 1 atom stereocenters. The highest BCUT2D eigenvalue weighted by Crippen LogP contribution is 2.19. The van der Waals surface area contributed by atoms with Gasteiger partial charge in [-0.15, -0.1) is 11.3 Å². The van der Waals surface area contributed by atoms with E-state index in [2.05, 4.69) is 34.6 Å². The Bertz CT molecular complexity index is 383. The quantitative estimate of drug-likeness (QED) is 0.853. The molecule has 2 nitrogen and oxygen atoms in total. The summed E-state index contributed by atoms with van der Waals surface area (Å²) < 4.78 is 0. The molecular formula is C12H14N2S. The fourth-order valence-corrected chi connectivity index (χ4v) is 2.26. The van der Waals surface area contributed by atoms with Gasteiger partial charge in [0, 0.05) is 23.5 Å². The van der Waals surface area contributed by atoms with Gasteiger partial charge in [-0.05, 0) is 12.6 Å². The first-order chi connectivity index (χ1) is 7.40. The molecule has 0 radical (unpaired) electrons. The third-order valence-corrected chi connectivity index (χ3v) is 3.24. The molecule has 1 unspecified atom stereocenters. The van der Waals surface area contributed by atoms with Gasteiger partial charge in [0.2, 0.25) is 0 Å². The molecular weight excluding hydrogens is 204 g/mol. The van der Waals surface area contributed by atoms with Crippen molar-refractivity contribution in [2.24, 2.45) is 0 Å². The predicted molar refractivity (Wildman–Crippen MR) is 64.1 cm³/mol. The number of hydrogen-bond acceptors (Lipinski definition) is 3. The Balaban J connectivity index is 2.12. The van der Waals surface area contributed by atoms with Crippen LogP contribution in [0.4, 0.5) is 0 Å². The van der Waals surface area contributed by atoms with Gasteiger partial charge in [-0.2, -0.15) is 0 Å². The van der Waals surface area contributed by atoms with Crippen LogP contribution in [0.25, 0.3) is 0 Å². The van der Waals surface area contributed by atoms with E-state index >= 15 is 0 Å². The third kappa shape index (κ3) is 2.64. The average molecular weight is 218 g/mol. The number of rotatable bonds is 4. The summed E-state index contributed by atoms with van der Waals surface area (Å²) >= 11 is 1.71. The molecule has 2 rings (SSSR count). The molecule has 0 aliphatic rings. The zero-order chi connectivity index (χ0) is 10.5. The number of nitrogens with one attached hydrogen (secondary N) is 1. The lowest BCUT2D eigenvalue weighted by Crippen LogP contribution is -2.18. The molecule has 0 amide bonds. The van der Waals surface area contributed by atoms with Crippen LogP contribution in [0.2, 0.25) is 0 Å². The molecule has 1 heterocycles. The van der Waals surface area contributed by atoms with Crippen LogP contribution in [0.1, 0.15) is 16.5 Å². The monoisotopic (exact) mass is 218 g/mol. The van der Waals surface area contributed by atoms with Crippen molar-refractivity contribution in [3.63, 3.8) is 0 Å². The van der Waals surface area contributed by atoms with E-state index in [0.717, 1.165) is 6.42 Å². The van der Waals surface area contributed by atoms with Gasteiger partial charge < -0.3 is 5.32 Å². The van der Waals surface area contributed by atoms with Gasteiger partial charge in [0.1, 0.15) is 0 Å². The van der Waals surface area contributed by atoms with Crippen LogP contribution in [0.15, 0.2) is 42.0 Å². The van der Waals surface area contributed by atoms with Crippen LogP contribution in [0, 0.1) is 0 Å². The minimum atomic E-state index is 0.381. The molecule has 0 aliphatic heterocycles. The average Bonchev–Trinajstić information content (AvgIpc) is 2.80. The van der Waals surface area contributed by atoms with Crippen LogP contribution in [0.5, 0.6) is 0 Å². The summed E-state index contributed by atoms with van der Waals surface area (Å²) in [7, 11) is 2.00. The van der Waals surface area contributed by atoms with Crippen molar-refractivity contribution in [1.82, 2.24) is 10.3 Å². The number of hydrogen-bond donors (Lipinski definition) is 1. The van der Waals surface area contributed by atoms with Gasteiger partial charge >= 0.3 is 0 Å². The second kappa shape index (κ2) is 5.05. The number of benzene rings is 1. The SMILES string of the molecule is CNC(Cc1cncs1)c1ccccc1. The largest absolute Gasteiger partial charge is 0.313 e. The normalized spacial score (nSPS) is 12.6. The van der Waals surface area contributed by atoms with Crippen LogP contribution >= 0.6 is 11.3 Å². The molecule has 3 heteroatoms. The Hall–Kier alpha value is -1.19. The van der Waals surface area contributed by atoms with Crippen molar-refractivity contribution in [1.29, 1.82) is 0 Å². The lowest BCUT2D eigenvalue weighted by molar-refractivity contribution is 0.596. The van der Waals surface area contributed by atoms with Crippen molar-refractivity contribution in [3.05, 3.63) is 52.5 Å². The summed E-state index contributed by atoms with van der Waals surface area (Å²) in [6, 6.07) is 10.9. The fraction of sp³-hybridized carbons (Fsp3) is 0.250. The molecule has 0 fully saturated rings. The fourth-order valence-electron chi connectivity index (χ4n) is 1.62. The highest BCUT2D eigenvalue weighted by atomic mass is 32.1. The van der Waals surface area contributed by atoms with Gasteiger partial charge in [0.05, 0.1) is 5.51 Å². The highest BCUT2D eigenvalue weighted by Gasteiger charge is 2.09. The number of likely N-dealkylation sites (N-methyl/N-ethyl adjacent to an activating group) is 1. The molecule has 1 N–H and O–H groups in total. The third-order valence-electron chi connectivity index (χ3n) is 2.44. The smallest absolute Gasteiger partial charge is 0.0794 e. The first-order valence-electron chi connectivity index (χ1n) is 4.99. The zero-order valence-corrected chi connectivity index (χ0v) is 9.50. The van der Waals surface area contributed by atoms with E-state index in [1.54, 1.807) is 11.3 Å². The lowest BCUT2D eigenvalue weighted by atomic mass is 10.0. The maximum absolute atomic E-state index is 4.09. The van der Waals surface area contributed by atoms with E-state index in [4.69, 9.17) is 0 Å². The second-order valence-electron chi connectivity index (χ2n) is 3.42. The van der Waals surface area contributed by atoms with E-state index in [1.807, 2.05) is 24.8 Å². The van der Waals surface area contributed by atoms with Crippen molar-refractivity contribution < 1.29 is 0 Å². The standard InChI is InChI=1S/C12H14N2S/c1-13-12(7-11-8-14-9-15-11)10-5-3-2-4-6-10/h2-6,8-9,12-13H,7H2,1H3. The minimum absolute atomic E-state index is 0.381. The summed E-state index contributed by atoms with van der Waals surface area (Å²) in [5.41, 5.74) is 3.21. The summed E-state index contributed by atoms with van der Waals surface area (Å²) in [5, 5.41) is 3.34. The number of thiazole rings is 1. The van der Waals surface area contributed by atoms with Crippen molar-refractivity contribution in [2.75, 3.05) is 7.05 Å². The molecule has 0 saturated heterocycles. The van der Waals surface area contributed by atoms with Gasteiger partial charge in [-0.25, -0.2) is 0 Å². The van der Waals surface area contributed by atoms with E-state index in [0.29, 0.717) is 6.04 Å². The van der Waals surface area contributed by atoms with E-state index in [1.165, 1.54) is 10.4 Å². The summed E-state index contributed by atoms with van der Waals surface area (Å²) in [6.07, 6.45) is 2.95. The zero-order valence-electron chi connectivity index (χ0n) is 8.68.